The topological polar surface area (TPSA) is 63.7 Å². The van der Waals surface area contributed by atoms with Crippen molar-refractivity contribution in [1.29, 1.82) is 0 Å². The van der Waals surface area contributed by atoms with E-state index in [0.717, 1.165) is 30.0 Å². The van der Waals surface area contributed by atoms with Gasteiger partial charge in [-0.15, -0.1) is 0 Å². The number of hydrogen-bond acceptors (Lipinski definition) is 5. The van der Waals surface area contributed by atoms with Crippen molar-refractivity contribution in [1.82, 2.24) is 10.3 Å². The summed E-state index contributed by atoms with van der Waals surface area (Å²) in [7, 11) is 0. The third kappa shape index (κ3) is 4.27. The Morgan fingerprint density at radius 3 is 2.74 bits per heavy atom. The summed E-state index contributed by atoms with van der Waals surface area (Å²) in [5.74, 6) is 2.08. The van der Waals surface area contributed by atoms with Gasteiger partial charge in [0.2, 0.25) is 5.91 Å². The SMILES string of the molecule is O=C(Cc1cc(Cl)c2c(c1)OCCO2)NCc1ccc(N2CCCC2)nc1. The van der Waals surface area contributed by atoms with Gasteiger partial charge in [-0.3, -0.25) is 4.79 Å². The summed E-state index contributed by atoms with van der Waals surface area (Å²) in [5, 5.41) is 3.40. The van der Waals surface area contributed by atoms with Crippen LogP contribution >= 0.6 is 11.6 Å². The monoisotopic (exact) mass is 387 g/mol. The molecule has 2 aliphatic rings. The second kappa shape index (κ2) is 8.05. The predicted molar refractivity (Wildman–Crippen MR) is 104 cm³/mol. The van der Waals surface area contributed by atoms with Crippen molar-refractivity contribution in [3.8, 4) is 11.5 Å². The van der Waals surface area contributed by atoms with E-state index in [-0.39, 0.29) is 12.3 Å². The molecule has 3 heterocycles. The van der Waals surface area contributed by atoms with Gasteiger partial charge in [-0.25, -0.2) is 4.98 Å². The van der Waals surface area contributed by atoms with Gasteiger partial charge in [0.25, 0.3) is 0 Å². The highest BCUT2D eigenvalue weighted by Crippen LogP contribution is 2.38. The lowest BCUT2D eigenvalue weighted by Gasteiger charge is -2.20. The van der Waals surface area contributed by atoms with Crippen molar-refractivity contribution in [2.24, 2.45) is 0 Å². The maximum atomic E-state index is 12.3. The number of fused-ring (bicyclic) bond motifs is 1. The molecule has 1 fully saturated rings. The lowest BCUT2D eigenvalue weighted by atomic mass is 10.1. The first-order chi connectivity index (χ1) is 13.2. The van der Waals surface area contributed by atoms with Crippen LogP contribution in [0.4, 0.5) is 5.82 Å². The van der Waals surface area contributed by atoms with Crippen LogP contribution in [0.15, 0.2) is 30.5 Å². The van der Waals surface area contributed by atoms with E-state index in [2.05, 4.69) is 15.2 Å². The third-order valence-corrected chi connectivity index (χ3v) is 5.03. The fraction of sp³-hybridized carbons (Fsp3) is 0.400. The quantitative estimate of drug-likeness (QED) is 0.854. The molecule has 4 rings (SSSR count). The van der Waals surface area contributed by atoms with Crippen molar-refractivity contribution in [3.05, 3.63) is 46.6 Å². The van der Waals surface area contributed by atoms with Crippen molar-refractivity contribution >= 4 is 23.3 Å². The normalized spacial score (nSPS) is 15.7. The molecule has 0 bridgehead atoms. The van der Waals surface area contributed by atoms with Gasteiger partial charge in [0.05, 0.1) is 11.4 Å². The Morgan fingerprint density at radius 1 is 1.15 bits per heavy atom. The number of hydrogen-bond donors (Lipinski definition) is 1. The van der Waals surface area contributed by atoms with E-state index in [1.807, 2.05) is 24.4 Å². The summed E-state index contributed by atoms with van der Waals surface area (Å²) in [6.45, 7) is 3.56. The highest BCUT2D eigenvalue weighted by Gasteiger charge is 2.18. The van der Waals surface area contributed by atoms with E-state index in [1.165, 1.54) is 12.8 Å². The molecule has 1 aromatic carbocycles. The molecule has 0 unspecified atom stereocenters. The lowest BCUT2D eigenvalue weighted by Crippen LogP contribution is -2.25. The van der Waals surface area contributed by atoms with Crippen LogP contribution in [0.5, 0.6) is 11.5 Å². The van der Waals surface area contributed by atoms with Crippen molar-refractivity contribution in [2.75, 3.05) is 31.2 Å². The largest absolute Gasteiger partial charge is 0.486 e. The zero-order chi connectivity index (χ0) is 18.6. The zero-order valence-corrected chi connectivity index (χ0v) is 15.8. The molecule has 0 spiro atoms. The van der Waals surface area contributed by atoms with Crippen molar-refractivity contribution in [2.45, 2.75) is 25.8 Å². The number of ether oxygens (including phenoxy) is 2. The minimum absolute atomic E-state index is 0.0774. The van der Waals surface area contributed by atoms with E-state index in [1.54, 1.807) is 6.07 Å². The van der Waals surface area contributed by atoms with Gasteiger partial charge >= 0.3 is 0 Å². The molecule has 142 valence electrons. The third-order valence-electron chi connectivity index (χ3n) is 4.75. The summed E-state index contributed by atoms with van der Waals surface area (Å²) in [6, 6.07) is 7.60. The van der Waals surface area contributed by atoms with Crippen LogP contribution in [0.3, 0.4) is 0 Å². The van der Waals surface area contributed by atoms with Crippen LogP contribution in [0.1, 0.15) is 24.0 Å². The molecular weight excluding hydrogens is 366 g/mol. The number of carbonyl (C=O) groups is 1. The summed E-state index contributed by atoms with van der Waals surface area (Å²) in [5.41, 5.74) is 1.77. The van der Waals surface area contributed by atoms with Crippen molar-refractivity contribution in [3.63, 3.8) is 0 Å². The van der Waals surface area contributed by atoms with Crippen LogP contribution in [0, 0.1) is 0 Å². The fourth-order valence-electron chi connectivity index (χ4n) is 3.37. The highest BCUT2D eigenvalue weighted by molar-refractivity contribution is 6.32. The molecule has 1 saturated heterocycles. The number of benzene rings is 1. The summed E-state index contributed by atoms with van der Waals surface area (Å²) < 4.78 is 11.1. The zero-order valence-electron chi connectivity index (χ0n) is 15.0. The molecule has 27 heavy (non-hydrogen) atoms. The lowest BCUT2D eigenvalue weighted by molar-refractivity contribution is -0.120. The Labute approximate surface area is 163 Å². The van der Waals surface area contributed by atoms with Crippen LogP contribution in [-0.2, 0) is 17.8 Å². The number of anilines is 1. The van der Waals surface area contributed by atoms with Gasteiger partial charge in [-0.05, 0) is 42.2 Å². The molecule has 1 aromatic heterocycles. The predicted octanol–water partition coefficient (Wildman–Crippen LogP) is 2.97. The summed E-state index contributed by atoms with van der Waals surface area (Å²) in [4.78, 5) is 19.1. The van der Waals surface area contributed by atoms with Crippen LogP contribution in [0.25, 0.3) is 0 Å². The molecule has 0 aliphatic carbocycles. The van der Waals surface area contributed by atoms with Gasteiger partial charge in [-0.2, -0.15) is 0 Å². The number of carbonyl (C=O) groups excluding carboxylic acids is 1. The van der Waals surface area contributed by atoms with Crippen LogP contribution < -0.4 is 19.7 Å². The second-order valence-electron chi connectivity index (χ2n) is 6.77. The number of rotatable bonds is 5. The Bertz CT molecular complexity index is 820. The summed E-state index contributed by atoms with van der Waals surface area (Å²) in [6.07, 6.45) is 4.51. The fourth-order valence-corrected chi connectivity index (χ4v) is 3.66. The van der Waals surface area contributed by atoms with E-state index in [9.17, 15) is 4.79 Å². The number of nitrogens with zero attached hydrogens (tertiary/aromatic N) is 2. The average Bonchev–Trinajstić information content (AvgIpc) is 3.22. The van der Waals surface area contributed by atoms with E-state index >= 15 is 0 Å². The Morgan fingerprint density at radius 2 is 1.96 bits per heavy atom. The number of pyridine rings is 1. The second-order valence-corrected chi connectivity index (χ2v) is 7.18. The number of aromatic nitrogens is 1. The number of amides is 1. The molecule has 0 atom stereocenters. The van der Waals surface area contributed by atoms with Gasteiger partial charge in [-0.1, -0.05) is 17.7 Å². The number of halogens is 1. The van der Waals surface area contributed by atoms with E-state index in [0.29, 0.717) is 36.3 Å². The minimum atomic E-state index is -0.0774. The molecule has 1 N–H and O–H groups in total. The molecule has 0 saturated carbocycles. The number of nitrogens with one attached hydrogen (secondary N) is 1. The van der Waals surface area contributed by atoms with E-state index in [4.69, 9.17) is 21.1 Å². The minimum Gasteiger partial charge on any atom is -0.486 e. The van der Waals surface area contributed by atoms with E-state index < -0.39 is 0 Å². The molecule has 7 heteroatoms. The maximum absolute atomic E-state index is 12.3. The average molecular weight is 388 g/mol. The van der Waals surface area contributed by atoms with Crippen LogP contribution in [0.2, 0.25) is 5.02 Å². The standard InChI is InChI=1S/C20H22ClN3O3/c21-16-9-15(10-17-20(16)27-8-7-26-17)11-19(25)23-13-14-3-4-18(22-12-14)24-5-1-2-6-24/h3-4,9-10,12H,1-2,5-8,11,13H2,(H,23,25). The molecule has 2 aromatic rings. The Kier molecular flexibility index (Phi) is 5.34. The van der Waals surface area contributed by atoms with Gasteiger partial charge < -0.3 is 19.7 Å². The first kappa shape index (κ1) is 17.9. The molecular formula is C20H22ClN3O3. The Hall–Kier alpha value is -2.47. The van der Waals surface area contributed by atoms with Crippen LogP contribution in [-0.4, -0.2) is 37.2 Å². The smallest absolute Gasteiger partial charge is 0.224 e. The maximum Gasteiger partial charge on any atom is 0.224 e. The first-order valence-corrected chi connectivity index (χ1v) is 9.61. The Balaban J connectivity index is 1.32. The summed E-state index contributed by atoms with van der Waals surface area (Å²) >= 11 is 6.22. The van der Waals surface area contributed by atoms with Gasteiger partial charge in [0, 0.05) is 25.8 Å². The molecule has 1 amide bonds. The first-order valence-electron chi connectivity index (χ1n) is 9.23. The van der Waals surface area contributed by atoms with Crippen molar-refractivity contribution < 1.29 is 14.3 Å². The molecule has 6 nitrogen and oxygen atoms in total. The van der Waals surface area contributed by atoms with Gasteiger partial charge in [0.15, 0.2) is 11.5 Å². The van der Waals surface area contributed by atoms with Gasteiger partial charge in [0.1, 0.15) is 19.0 Å². The molecule has 2 aliphatic heterocycles. The molecule has 0 radical (unpaired) electrons. The highest BCUT2D eigenvalue weighted by atomic mass is 35.5.